The van der Waals surface area contributed by atoms with Crippen LogP contribution >= 0.6 is 0 Å². The summed E-state index contributed by atoms with van der Waals surface area (Å²) >= 11 is 0. The van der Waals surface area contributed by atoms with Gasteiger partial charge in [-0.3, -0.25) is 4.79 Å². The SMILES string of the molecule is COCCCOc1cc([C@H](O)[C@@H](C[C@H](N=[N+]=[N-])[C@@H]2C[C@@H](C(C)C)C(=O)O2)C(C)C)ccc1OC. The van der Waals surface area contributed by atoms with Crippen LogP contribution in [0.15, 0.2) is 23.3 Å². The summed E-state index contributed by atoms with van der Waals surface area (Å²) in [6, 6.07) is 4.83. The molecular weight excluding hydrogens is 438 g/mol. The highest BCUT2D eigenvalue weighted by atomic mass is 16.6. The van der Waals surface area contributed by atoms with Gasteiger partial charge in [0.25, 0.3) is 0 Å². The number of nitrogens with zero attached hydrogens (tertiary/aromatic N) is 3. The molecular formula is C25H39N3O6. The Hall–Kier alpha value is -2.48. The van der Waals surface area contributed by atoms with Crippen molar-refractivity contribution in [1.29, 1.82) is 0 Å². The van der Waals surface area contributed by atoms with Crippen molar-refractivity contribution in [2.24, 2.45) is 28.8 Å². The van der Waals surface area contributed by atoms with Crippen LogP contribution in [0.2, 0.25) is 0 Å². The van der Waals surface area contributed by atoms with Gasteiger partial charge in [-0.2, -0.15) is 0 Å². The van der Waals surface area contributed by atoms with Crippen molar-refractivity contribution in [2.75, 3.05) is 27.4 Å². The van der Waals surface area contributed by atoms with E-state index in [4.69, 9.17) is 18.9 Å². The lowest BCUT2D eigenvalue weighted by atomic mass is 9.80. The summed E-state index contributed by atoms with van der Waals surface area (Å²) in [5.74, 6) is 0.679. The number of methoxy groups -OCH3 is 2. The van der Waals surface area contributed by atoms with E-state index >= 15 is 0 Å². The van der Waals surface area contributed by atoms with Crippen molar-refractivity contribution in [2.45, 2.75) is 65.2 Å². The van der Waals surface area contributed by atoms with Crippen LogP contribution in [0, 0.1) is 23.7 Å². The molecule has 9 heteroatoms. The lowest BCUT2D eigenvalue weighted by Gasteiger charge is -2.31. The van der Waals surface area contributed by atoms with E-state index in [1.807, 2.05) is 33.8 Å². The van der Waals surface area contributed by atoms with Crippen LogP contribution in [0.5, 0.6) is 11.5 Å². The number of esters is 1. The maximum absolute atomic E-state index is 12.3. The second kappa shape index (κ2) is 13.4. The number of benzene rings is 1. The maximum atomic E-state index is 12.3. The number of rotatable bonds is 14. The van der Waals surface area contributed by atoms with E-state index in [1.165, 1.54) is 0 Å². The van der Waals surface area contributed by atoms with Crippen molar-refractivity contribution >= 4 is 5.97 Å². The minimum atomic E-state index is -0.832. The number of aliphatic hydroxyl groups excluding tert-OH is 1. The van der Waals surface area contributed by atoms with Crippen molar-refractivity contribution in [3.63, 3.8) is 0 Å². The summed E-state index contributed by atoms with van der Waals surface area (Å²) in [5.41, 5.74) is 9.86. The Kier molecular flexibility index (Phi) is 11.0. The van der Waals surface area contributed by atoms with E-state index in [2.05, 4.69) is 10.0 Å². The molecule has 2 rings (SSSR count). The Balaban J connectivity index is 2.22. The molecule has 0 aromatic heterocycles. The summed E-state index contributed by atoms with van der Waals surface area (Å²) in [6.07, 6.45) is 0.318. The van der Waals surface area contributed by atoms with E-state index in [1.54, 1.807) is 26.4 Å². The third kappa shape index (κ3) is 7.26. The molecule has 0 bridgehead atoms. The fourth-order valence-corrected chi connectivity index (χ4v) is 4.42. The van der Waals surface area contributed by atoms with Gasteiger partial charge in [0, 0.05) is 25.0 Å². The average Bonchev–Trinajstić information content (AvgIpc) is 3.20. The Bertz CT molecular complexity index is 840. The summed E-state index contributed by atoms with van der Waals surface area (Å²) in [7, 11) is 3.21. The quantitative estimate of drug-likeness (QED) is 0.131. The van der Waals surface area contributed by atoms with Gasteiger partial charge in [-0.25, -0.2) is 0 Å². The summed E-state index contributed by atoms with van der Waals surface area (Å²) in [5, 5.41) is 15.3. The molecule has 190 valence electrons. The van der Waals surface area contributed by atoms with Gasteiger partial charge in [0.15, 0.2) is 11.5 Å². The smallest absolute Gasteiger partial charge is 0.309 e. The van der Waals surface area contributed by atoms with Crippen LogP contribution in [0.25, 0.3) is 10.4 Å². The van der Waals surface area contributed by atoms with E-state index in [0.29, 0.717) is 43.1 Å². The van der Waals surface area contributed by atoms with Gasteiger partial charge < -0.3 is 24.1 Å². The van der Waals surface area contributed by atoms with Gasteiger partial charge in [-0.1, -0.05) is 38.9 Å². The Morgan fingerprint density at radius 2 is 1.94 bits per heavy atom. The summed E-state index contributed by atoms with van der Waals surface area (Å²) in [4.78, 5) is 15.3. The molecule has 5 atom stereocenters. The van der Waals surface area contributed by atoms with Crippen molar-refractivity contribution < 1.29 is 28.8 Å². The minimum Gasteiger partial charge on any atom is -0.493 e. The predicted octanol–water partition coefficient (Wildman–Crippen LogP) is 5.07. The average molecular weight is 478 g/mol. The van der Waals surface area contributed by atoms with Gasteiger partial charge in [0.05, 0.1) is 31.8 Å². The number of azide groups is 1. The zero-order chi connectivity index (χ0) is 25.3. The van der Waals surface area contributed by atoms with Gasteiger partial charge >= 0.3 is 5.97 Å². The molecule has 9 nitrogen and oxygen atoms in total. The van der Waals surface area contributed by atoms with Crippen LogP contribution in [0.4, 0.5) is 0 Å². The van der Waals surface area contributed by atoms with Gasteiger partial charge in [0.1, 0.15) is 6.10 Å². The van der Waals surface area contributed by atoms with Crippen molar-refractivity contribution in [3.8, 4) is 11.5 Å². The highest BCUT2D eigenvalue weighted by Gasteiger charge is 2.41. The molecule has 1 aromatic rings. The van der Waals surface area contributed by atoms with E-state index in [9.17, 15) is 15.4 Å². The first kappa shape index (κ1) is 27.8. The molecule has 1 N–H and O–H groups in total. The highest BCUT2D eigenvalue weighted by molar-refractivity contribution is 5.75. The van der Waals surface area contributed by atoms with Crippen molar-refractivity contribution in [3.05, 3.63) is 34.2 Å². The number of ether oxygens (including phenoxy) is 4. The maximum Gasteiger partial charge on any atom is 0.309 e. The molecule has 1 aliphatic rings. The zero-order valence-corrected chi connectivity index (χ0v) is 21.1. The van der Waals surface area contributed by atoms with Crippen LogP contribution < -0.4 is 9.47 Å². The Labute approximate surface area is 202 Å². The van der Waals surface area contributed by atoms with Gasteiger partial charge in [-0.05, 0) is 53.8 Å². The molecule has 0 spiro atoms. The molecule has 34 heavy (non-hydrogen) atoms. The van der Waals surface area contributed by atoms with Crippen LogP contribution in [0.3, 0.4) is 0 Å². The molecule has 1 aliphatic heterocycles. The number of cyclic esters (lactones) is 1. The molecule has 0 amide bonds. The number of carbonyl (C=O) groups is 1. The second-order valence-electron chi connectivity index (χ2n) is 9.53. The third-order valence-corrected chi connectivity index (χ3v) is 6.55. The zero-order valence-electron chi connectivity index (χ0n) is 21.1. The van der Waals surface area contributed by atoms with Gasteiger partial charge in [-0.15, -0.1) is 0 Å². The number of hydrogen-bond acceptors (Lipinski definition) is 7. The van der Waals surface area contributed by atoms with Gasteiger partial charge in [0.2, 0.25) is 0 Å². The molecule has 1 fully saturated rings. The lowest BCUT2D eigenvalue weighted by Crippen LogP contribution is -2.31. The fourth-order valence-electron chi connectivity index (χ4n) is 4.42. The van der Waals surface area contributed by atoms with Crippen LogP contribution in [-0.2, 0) is 14.3 Å². The molecule has 0 saturated carbocycles. The van der Waals surface area contributed by atoms with E-state index in [0.717, 1.165) is 6.42 Å². The Morgan fingerprint density at radius 1 is 1.21 bits per heavy atom. The number of aliphatic hydroxyl groups is 1. The number of carbonyl (C=O) groups excluding carboxylic acids is 1. The first-order chi connectivity index (χ1) is 16.2. The fraction of sp³-hybridized carbons (Fsp3) is 0.720. The normalized spacial score (nSPS) is 20.6. The molecule has 1 heterocycles. The molecule has 1 saturated heterocycles. The molecule has 0 unspecified atom stereocenters. The minimum absolute atomic E-state index is 0.0811. The summed E-state index contributed by atoms with van der Waals surface area (Å²) < 4.78 is 21.9. The molecule has 0 aliphatic carbocycles. The second-order valence-corrected chi connectivity index (χ2v) is 9.53. The third-order valence-electron chi connectivity index (χ3n) is 6.55. The van der Waals surface area contributed by atoms with Crippen LogP contribution in [-0.4, -0.2) is 50.7 Å². The number of hydrogen-bond donors (Lipinski definition) is 1. The van der Waals surface area contributed by atoms with Crippen molar-refractivity contribution in [1.82, 2.24) is 0 Å². The predicted molar refractivity (Wildman–Crippen MR) is 129 cm³/mol. The monoisotopic (exact) mass is 477 g/mol. The standard InChI is InChI=1S/C25H39N3O6/c1-15(2)18(13-20(27-28-26)22-14-19(16(3)4)25(30)34-22)24(29)17-8-9-21(32-6)23(12-17)33-11-7-10-31-5/h8-9,12,15-16,18-20,22,24,29H,7,10-11,13-14H2,1-6H3/t18-,19-,20-,22-,24-/m0/s1. The van der Waals surface area contributed by atoms with E-state index < -0.39 is 18.2 Å². The largest absolute Gasteiger partial charge is 0.493 e. The topological polar surface area (TPSA) is 123 Å². The van der Waals surface area contributed by atoms with Crippen LogP contribution in [0.1, 0.15) is 58.6 Å². The first-order valence-corrected chi connectivity index (χ1v) is 12.0. The first-order valence-electron chi connectivity index (χ1n) is 12.0. The summed E-state index contributed by atoms with van der Waals surface area (Å²) in [6.45, 7) is 9.05. The molecule has 1 aromatic carbocycles. The van der Waals surface area contributed by atoms with E-state index in [-0.39, 0.29) is 29.6 Å². The highest BCUT2D eigenvalue weighted by Crippen LogP contribution is 2.39. The molecule has 0 radical (unpaired) electrons. The lowest BCUT2D eigenvalue weighted by molar-refractivity contribution is -0.146. The Morgan fingerprint density at radius 3 is 2.50 bits per heavy atom.